The van der Waals surface area contributed by atoms with Gasteiger partial charge in [-0.05, 0) is 21.1 Å². The van der Waals surface area contributed by atoms with Crippen molar-refractivity contribution in [3.63, 3.8) is 0 Å². The molecule has 0 saturated heterocycles. The van der Waals surface area contributed by atoms with Gasteiger partial charge in [-0.3, -0.25) is 0 Å². The van der Waals surface area contributed by atoms with Gasteiger partial charge in [0.25, 0.3) is 0 Å². The van der Waals surface area contributed by atoms with Gasteiger partial charge in [-0.2, -0.15) is 0 Å². The Labute approximate surface area is 51.6 Å². The van der Waals surface area contributed by atoms with E-state index in [1.54, 1.807) is 0 Å². The van der Waals surface area contributed by atoms with E-state index < -0.39 is 0 Å². The third kappa shape index (κ3) is 16.9. The molecule has 0 aromatic carbocycles. The third-order valence-corrected chi connectivity index (χ3v) is 0.576. The molecule has 0 atom stereocenters. The molecule has 0 rings (SSSR count). The maximum atomic E-state index is 5.19. The number of likely N-dealkylation sites (N-methyl/N-ethyl adjacent to an activating group) is 1. The van der Waals surface area contributed by atoms with Gasteiger partial charge in [0, 0.05) is 13.1 Å². The summed E-state index contributed by atoms with van der Waals surface area (Å²) in [5.74, 6) is 0. The number of nitrogens with zero attached hydrogens (tertiary/aromatic N) is 1. The van der Waals surface area contributed by atoms with Gasteiger partial charge in [-0.15, -0.1) is 0 Å². The molecule has 0 radical (unpaired) electrons. The largest absolute Gasteiger partial charge is 0.333 e. The zero-order valence-corrected chi connectivity index (χ0v) is 6.02. The Bertz CT molecular complexity index is 28.9. The topological polar surface area (TPSA) is 55.3 Å². The highest BCUT2D eigenvalue weighted by molar-refractivity contribution is 4.38. The third-order valence-electron chi connectivity index (χ3n) is 0.576. The Balaban J connectivity index is 0. The van der Waals surface area contributed by atoms with Gasteiger partial charge in [0.05, 0.1) is 0 Å². The molecule has 0 amide bonds. The number of hydrogen-bond acceptors (Lipinski definition) is 3. The Morgan fingerprint density at radius 2 is 1.62 bits per heavy atom. The van der Waals surface area contributed by atoms with Crippen LogP contribution < -0.4 is 11.5 Å². The second kappa shape index (κ2) is 9.99. The molecule has 0 aliphatic heterocycles. The molecule has 3 heteroatoms. The van der Waals surface area contributed by atoms with E-state index in [0.717, 1.165) is 13.1 Å². The quantitative estimate of drug-likeness (QED) is 0.494. The summed E-state index contributed by atoms with van der Waals surface area (Å²) in [5, 5.41) is 0. The molecule has 4 N–H and O–H groups in total. The van der Waals surface area contributed by atoms with Crippen molar-refractivity contribution in [1.29, 1.82) is 0 Å². The standard InChI is InChI=1S/C4H12N2.CH5N/c1-6(2)4-3-5;1-2/h3-5H2,1-2H3;2H2,1H3. The van der Waals surface area contributed by atoms with Crippen LogP contribution in [0.15, 0.2) is 0 Å². The highest BCUT2D eigenvalue weighted by Crippen LogP contribution is 1.64. The highest BCUT2D eigenvalue weighted by atomic mass is 15.1. The number of rotatable bonds is 2. The lowest BCUT2D eigenvalue weighted by atomic mass is 10.6. The molecular weight excluding hydrogens is 102 g/mol. The molecular formula is C5H17N3. The molecule has 0 spiro atoms. The van der Waals surface area contributed by atoms with Crippen LogP contribution in [0.1, 0.15) is 0 Å². The van der Waals surface area contributed by atoms with Gasteiger partial charge in [0.2, 0.25) is 0 Å². The Kier molecular flexibility index (Phi) is 13.5. The fraction of sp³-hybridized carbons (Fsp3) is 1.00. The fourth-order valence-electron chi connectivity index (χ4n) is 0.258. The summed E-state index contributed by atoms with van der Waals surface area (Å²) in [5.41, 5.74) is 9.69. The first kappa shape index (κ1) is 10.8. The van der Waals surface area contributed by atoms with E-state index in [9.17, 15) is 0 Å². The lowest BCUT2D eigenvalue weighted by Gasteiger charge is -2.03. The Morgan fingerprint density at radius 3 is 1.62 bits per heavy atom. The van der Waals surface area contributed by atoms with Crippen LogP contribution in [-0.4, -0.2) is 39.1 Å². The van der Waals surface area contributed by atoms with Crippen molar-refractivity contribution in [2.45, 2.75) is 0 Å². The zero-order chi connectivity index (χ0) is 6.99. The van der Waals surface area contributed by atoms with Gasteiger partial charge in [-0.1, -0.05) is 0 Å². The van der Waals surface area contributed by atoms with Gasteiger partial charge < -0.3 is 16.4 Å². The second-order valence-electron chi connectivity index (χ2n) is 1.59. The van der Waals surface area contributed by atoms with Crippen molar-refractivity contribution < 1.29 is 0 Å². The van der Waals surface area contributed by atoms with Crippen LogP contribution in [0.4, 0.5) is 0 Å². The normalized spacial score (nSPS) is 8.25. The summed E-state index contributed by atoms with van der Waals surface area (Å²) in [7, 11) is 5.51. The zero-order valence-electron chi connectivity index (χ0n) is 6.02. The van der Waals surface area contributed by atoms with Crippen molar-refractivity contribution in [2.24, 2.45) is 11.5 Å². The van der Waals surface area contributed by atoms with Gasteiger partial charge >= 0.3 is 0 Å². The maximum absolute atomic E-state index is 5.19. The fourth-order valence-corrected chi connectivity index (χ4v) is 0.258. The Hall–Kier alpha value is -0.120. The lowest BCUT2D eigenvalue weighted by molar-refractivity contribution is 0.420. The summed E-state index contributed by atoms with van der Waals surface area (Å²) in [4.78, 5) is 2.06. The molecule has 52 valence electrons. The van der Waals surface area contributed by atoms with Crippen LogP contribution in [-0.2, 0) is 0 Å². The summed E-state index contributed by atoms with van der Waals surface area (Å²) in [6.45, 7) is 1.74. The van der Waals surface area contributed by atoms with Crippen LogP contribution in [0.3, 0.4) is 0 Å². The predicted molar refractivity (Wildman–Crippen MR) is 37.7 cm³/mol. The van der Waals surface area contributed by atoms with Crippen molar-refractivity contribution in [3.05, 3.63) is 0 Å². The first-order valence-electron chi connectivity index (χ1n) is 2.70. The first-order chi connectivity index (χ1) is 3.77. The summed E-state index contributed by atoms with van der Waals surface area (Å²) < 4.78 is 0. The second-order valence-corrected chi connectivity index (χ2v) is 1.59. The smallest absolute Gasteiger partial charge is 0.00985 e. The van der Waals surface area contributed by atoms with Crippen molar-refractivity contribution in [1.82, 2.24) is 4.90 Å². The van der Waals surface area contributed by atoms with Crippen LogP contribution in [0.25, 0.3) is 0 Å². The highest BCUT2D eigenvalue weighted by Gasteiger charge is 1.79. The molecule has 0 aliphatic carbocycles. The molecule has 0 aromatic heterocycles. The van der Waals surface area contributed by atoms with E-state index in [2.05, 4.69) is 10.6 Å². The van der Waals surface area contributed by atoms with E-state index in [1.807, 2.05) is 14.1 Å². The molecule has 0 saturated carbocycles. The Morgan fingerprint density at radius 1 is 1.25 bits per heavy atom. The molecule has 0 fully saturated rings. The SMILES string of the molecule is CN.CN(C)CCN. The molecule has 3 nitrogen and oxygen atoms in total. The van der Waals surface area contributed by atoms with E-state index in [4.69, 9.17) is 5.73 Å². The number of hydrogen-bond donors (Lipinski definition) is 2. The molecule has 0 aromatic rings. The molecule has 0 unspecified atom stereocenters. The molecule has 8 heavy (non-hydrogen) atoms. The number of nitrogens with two attached hydrogens (primary N) is 2. The van der Waals surface area contributed by atoms with Crippen molar-refractivity contribution in [2.75, 3.05) is 34.2 Å². The maximum Gasteiger partial charge on any atom is 0.00985 e. The lowest BCUT2D eigenvalue weighted by Crippen LogP contribution is -2.20. The minimum Gasteiger partial charge on any atom is -0.333 e. The van der Waals surface area contributed by atoms with Gasteiger partial charge in [0.1, 0.15) is 0 Å². The van der Waals surface area contributed by atoms with Crippen LogP contribution in [0, 0.1) is 0 Å². The molecule has 0 aliphatic rings. The average Bonchev–Trinajstić information content (AvgIpc) is 1.72. The van der Waals surface area contributed by atoms with E-state index in [0.29, 0.717) is 0 Å². The van der Waals surface area contributed by atoms with Crippen molar-refractivity contribution >= 4 is 0 Å². The van der Waals surface area contributed by atoms with Crippen LogP contribution >= 0.6 is 0 Å². The molecule has 0 bridgehead atoms. The minimum absolute atomic E-state index is 0.757. The first-order valence-corrected chi connectivity index (χ1v) is 2.70. The van der Waals surface area contributed by atoms with E-state index in [1.165, 1.54) is 7.05 Å². The summed E-state index contributed by atoms with van der Waals surface area (Å²) in [6.07, 6.45) is 0. The minimum atomic E-state index is 0.757. The van der Waals surface area contributed by atoms with E-state index >= 15 is 0 Å². The summed E-state index contributed by atoms with van der Waals surface area (Å²) >= 11 is 0. The monoisotopic (exact) mass is 119 g/mol. The van der Waals surface area contributed by atoms with Gasteiger partial charge in [0.15, 0.2) is 0 Å². The predicted octanol–water partition coefficient (Wildman–Crippen LogP) is -0.918. The average molecular weight is 119 g/mol. The summed E-state index contributed by atoms with van der Waals surface area (Å²) in [6, 6.07) is 0. The van der Waals surface area contributed by atoms with Crippen LogP contribution in [0.5, 0.6) is 0 Å². The van der Waals surface area contributed by atoms with Crippen molar-refractivity contribution in [3.8, 4) is 0 Å². The van der Waals surface area contributed by atoms with Gasteiger partial charge in [-0.25, -0.2) is 0 Å². The van der Waals surface area contributed by atoms with E-state index in [-0.39, 0.29) is 0 Å². The molecule has 0 heterocycles. The van der Waals surface area contributed by atoms with Crippen LogP contribution in [0.2, 0.25) is 0 Å².